The summed E-state index contributed by atoms with van der Waals surface area (Å²) >= 11 is 0. The molecule has 0 aromatic carbocycles. The van der Waals surface area contributed by atoms with E-state index in [1.54, 1.807) is 0 Å². The number of amides is 1. The molecule has 90 heavy (non-hydrogen) atoms. The first-order chi connectivity index (χ1) is 44.5. The van der Waals surface area contributed by atoms with Crippen LogP contribution in [0.3, 0.4) is 0 Å². The lowest BCUT2D eigenvalue weighted by atomic mass is 10.0. The number of ether oxygens (including phenoxy) is 1. The van der Waals surface area contributed by atoms with Gasteiger partial charge in [0.05, 0.1) is 25.4 Å². The average molecular weight is 1270 g/mol. The Hall–Kier alpha value is -1.92. The van der Waals surface area contributed by atoms with Crippen molar-refractivity contribution in [1.82, 2.24) is 5.32 Å². The van der Waals surface area contributed by atoms with Gasteiger partial charge in [0.2, 0.25) is 5.91 Å². The van der Waals surface area contributed by atoms with Gasteiger partial charge >= 0.3 is 5.97 Å². The summed E-state index contributed by atoms with van der Waals surface area (Å²) in [5.41, 5.74) is 0. The predicted octanol–water partition coefficient (Wildman–Crippen LogP) is 27.4. The minimum absolute atomic E-state index is 0.0158. The molecule has 0 aromatic heterocycles. The van der Waals surface area contributed by atoms with E-state index >= 15 is 0 Å². The summed E-state index contributed by atoms with van der Waals surface area (Å²) in [5, 5.41) is 23.4. The third kappa shape index (κ3) is 75.1. The summed E-state index contributed by atoms with van der Waals surface area (Å²) in [6.07, 6.45) is 104. The van der Waals surface area contributed by atoms with Crippen LogP contribution in [0.15, 0.2) is 36.5 Å². The number of unbranched alkanes of at least 4 members (excludes halogenated alkanes) is 61. The fourth-order valence-electron chi connectivity index (χ4n) is 13.1. The first-order valence-corrected chi connectivity index (χ1v) is 41.2. The largest absolute Gasteiger partial charge is 0.466 e. The number of carbonyl (C=O) groups excluding carboxylic acids is 2. The first kappa shape index (κ1) is 88.1. The topological polar surface area (TPSA) is 95.9 Å². The van der Waals surface area contributed by atoms with Crippen LogP contribution in [0.25, 0.3) is 0 Å². The van der Waals surface area contributed by atoms with Crippen LogP contribution in [-0.4, -0.2) is 47.4 Å². The minimum Gasteiger partial charge on any atom is -0.466 e. The lowest BCUT2D eigenvalue weighted by molar-refractivity contribution is -0.143. The molecule has 0 aliphatic rings. The molecular formula is C84H161NO5. The Kier molecular flexibility index (Phi) is 77.8. The van der Waals surface area contributed by atoms with Crippen molar-refractivity contribution in [2.45, 2.75) is 475 Å². The van der Waals surface area contributed by atoms with Crippen LogP contribution in [0.2, 0.25) is 0 Å². The molecule has 0 fully saturated rings. The van der Waals surface area contributed by atoms with E-state index in [0.29, 0.717) is 25.9 Å². The molecule has 0 radical (unpaired) electrons. The number of allylic oxidation sites excluding steroid dienone is 6. The first-order valence-electron chi connectivity index (χ1n) is 41.2. The van der Waals surface area contributed by atoms with Crippen molar-refractivity contribution in [2.75, 3.05) is 13.2 Å². The summed E-state index contributed by atoms with van der Waals surface area (Å²) in [7, 11) is 0. The van der Waals surface area contributed by atoms with Crippen molar-refractivity contribution in [3.8, 4) is 0 Å². The van der Waals surface area contributed by atoms with E-state index in [1.165, 1.54) is 379 Å². The standard InChI is InChI=1S/C84H161NO5/c1-3-5-7-9-11-13-15-17-19-21-46-50-54-58-62-66-70-74-78-84(89)90-79-75-71-67-63-59-55-51-47-44-42-40-38-36-34-32-30-28-26-24-22-23-25-27-29-31-33-35-37-39-41-43-45-49-53-57-61-65-69-73-77-83(88)85-81(80-86)82(87)76-72-68-64-60-56-52-48-20-18-16-14-12-10-8-6-4-2/h13,15,19,21-23,81-82,86-87H,3-12,14,16-18,20,24-80H2,1-2H3,(H,85,88)/b15-13-,21-19-,23-22-. The van der Waals surface area contributed by atoms with Gasteiger partial charge < -0.3 is 20.3 Å². The van der Waals surface area contributed by atoms with E-state index in [1.807, 2.05) is 0 Å². The number of nitrogens with one attached hydrogen (secondary N) is 1. The van der Waals surface area contributed by atoms with Crippen molar-refractivity contribution >= 4 is 11.9 Å². The van der Waals surface area contributed by atoms with E-state index in [0.717, 1.165) is 51.4 Å². The molecule has 6 heteroatoms. The van der Waals surface area contributed by atoms with Crippen LogP contribution in [0.5, 0.6) is 0 Å². The molecule has 2 unspecified atom stereocenters. The molecule has 0 rings (SSSR count). The van der Waals surface area contributed by atoms with Gasteiger partial charge in [-0.15, -0.1) is 0 Å². The fraction of sp³-hybridized carbons (Fsp3) is 0.905. The molecule has 1 amide bonds. The van der Waals surface area contributed by atoms with Gasteiger partial charge in [-0.3, -0.25) is 9.59 Å². The molecule has 0 spiro atoms. The summed E-state index contributed by atoms with van der Waals surface area (Å²) in [6, 6.07) is -0.538. The van der Waals surface area contributed by atoms with Gasteiger partial charge in [0.1, 0.15) is 0 Å². The zero-order valence-corrected chi connectivity index (χ0v) is 61.1. The Morgan fingerprint density at radius 1 is 0.311 bits per heavy atom. The van der Waals surface area contributed by atoms with Gasteiger partial charge in [0.15, 0.2) is 0 Å². The van der Waals surface area contributed by atoms with Gasteiger partial charge in [0, 0.05) is 12.8 Å². The van der Waals surface area contributed by atoms with E-state index < -0.39 is 12.1 Å². The van der Waals surface area contributed by atoms with E-state index in [2.05, 4.69) is 55.6 Å². The second-order valence-electron chi connectivity index (χ2n) is 28.5. The van der Waals surface area contributed by atoms with Gasteiger partial charge in [-0.1, -0.05) is 403 Å². The summed E-state index contributed by atoms with van der Waals surface area (Å²) in [5.74, 6) is -0.0109. The number of hydrogen-bond acceptors (Lipinski definition) is 5. The third-order valence-electron chi connectivity index (χ3n) is 19.4. The Bertz CT molecular complexity index is 1460. The van der Waals surface area contributed by atoms with Crippen molar-refractivity contribution in [3.05, 3.63) is 36.5 Å². The Morgan fingerprint density at radius 3 is 0.867 bits per heavy atom. The number of esters is 1. The monoisotopic (exact) mass is 1260 g/mol. The van der Waals surface area contributed by atoms with E-state index in [9.17, 15) is 19.8 Å². The van der Waals surface area contributed by atoms with Crippen molar-refractivity contribution in [3.63, 3.8) is 0 Å². The maximum Gasteiger partial charge on any atom is 0.305 e. The SMILES string of the molecule is CCCCCC/C=C\C/C=C\CCCCCCCCCC(=O)OCCCCCCCCCCCCCCCCCCCC/C=C\CCCCCCCCCCCCCCCCCCCC(=O)NC(CO)C(O)CCCCCCCCCCCCCCCCCC. The highest BCUT2D eigenvalue weighted by Gasteiger charge is 2.20. The highest BCUT2D eigenvalue weighted by molar-refractivity contribution is 5.76. The van der Waals surface area contributed by atoms with E-state index in [-0.39, 0.29) is 18.5 Å². The number of hydrogen-bond donors (Lipinski definition) is 3. The van der Waals surface area contributed by atoms with Gasteiger partial charge in [-0.2, -0.15) is 0 Å². The summed E-state index contributed by atoms with van der Waals surface area (Å²) in [6.45, 7) is 4.98. The molecule has 532 valence electrons. The highest BCUT2D eigenvalue weighted by Crippen LogP contribution is 2.20. The zero-order chi connectivity index (χ0) is 64.9. The zero-order valence-electron chi connectivity index (χ0n) is 61.1. The maximum absolute atomic E-state index is 12.5. The molecule has 0 bridgehead atoms. The van der Waals surface area contributed by atoms with Crippen molar-refractivity contribution < 1.29 is 24.5 Å². The average Bonchev–Trinajstić information content (AvgIpc) is 3.72. The lowest BCUT2D eigenvalue weighted by Crippen LogP contribution is -2.45. The molecule has 0 aromatic rings. The van der Waals surface area contributed by atoms with Crippen LogP contribution in [0, 0.1) is 0 Å². The van der Waals surface area contributed by atoms with Crippen LogP contribution >= 0.6 is 0 Å². The quantitative estimate of drug-likeness (QED) is 0.0320. The number of aliphatic hydroxyl groups excluding tert-OH is 2. The molecule has 0 aliphatic carbocycles. The molecule has 0 saturated carbocycles. The summed E-state index contributed by atoms with van der Waals surface area (Å²) < 4.78 is 5.51. The molecular weight excluding hydrogens is 1100 g/mol. The summed E-state index contributed by atoms with van der Waals surface area (Å²) in [4.78, 5) is 24.7. The second kappa shape index (κ2) is 79.5. The number of rotatable bonds is 78. The van der Waals surface area contributed by atoms with Crippen LogP contribution in [0.1, 0.15) is 463 Å². The highest BCUT2D eigenvalue weighted by atomic mass is 16.5. The maximum atomic E-state index is 12.5. The molecule has 6 nitrogen and oxygen atoms in total. The van der Waals surface area contributed by atoms with Crippen molar-refractivity contribution in [2.24, 2.45) is 0 Å². The Balaban J connectivity index is 3.31. The van der Waals surface area contributed by atoms with Gasteiger partial charge in [-0.05, 0) is 83.5 Å². The van der Waals surface area contributed by atoms with Crippen LogP contribution < -0.4 is 5.32 Å². The lowest BCUT2D eigenvalue weighted by Gasteiger charge is -2.22. The van der Waals surface area contributed by atoms with Crippen LogP contribution in [-0.2, 0) is 14.3 Å². The third-order valence-corrected chi connectivity index (χ3v) is 19.4. The van der Waals surface area contributed by atoms with E-state index in [4.69, 9.17) is 4.74 Å². The Labute approximate surface area is 564 Å². The molecule has 0 aliphatic heterocycles. The predicted molar refractivity (Wildman–Crippen MR) is 398 cm³/mol. The normalized spacial score (nSPS) is 12.6. The van der Waals surface area contributed by atoms with Crippen molar-refractivity contribution in [1.29, 1.82) is 0 Å². The van der Waals surface area contributed by atoms with Gasteiger partial charge in [0.25, 0.3) is 0 Å². The second-order valence-corrected chi connectivity index (χ2v) is 28.5. The number of aliphatic hydroxyl groups is 2. The fourth-order valence-corrected chi connectivity index (χ4v) is 13.1. The van der Waals surface area contributed by atoms with Gasteiger partial charge in [-0.25, -0.2) is 0 Å². The Morgan fingerprint density at radius 2 is 0.556 bits per heavy atom. The minimum atomic E-state index is -0.661. The van der Waals surface area contributed by atoms with Crippen LogP contribution in [0.4, 0.5) is 0 Å². The smallest absolute Gasteiger partial charge is 0.305 e. The molecule has 2 atom stereocenters. The molecule has 0 saturated heterocycles. The number of carbonyl (C=O) groups is 2. The molecule has 3 N–H and O–H groups in total. The molecule has 0 heterocycles.